The third kappa shape index (κ3) is 1.68. The van der Waals surface area contributed by atoms with Gasteiger partial charge < -0.3 is 9.84 Å². The van der Waals surface area contributed by atoms with E-state index in [-0.39, 0.29) is 5.75 Å². The number of rotatable bonds is 1. The summed E-state index contributed by atoms with van der Waals surface area (Å²) in [7, 11) is 1.55. The molecule has 0 aliphatic heterocycles. The van der Waals surface area contributed by atoms with Crippen molar-refractivity contribution in [2.24, 2.45) is 0 Å². The fourth-order valence-corrected chi connectivity index (χ4v) is 1.98. The van der Waals surface area contributed by atoms with Crippen molar-refractivity contribution < 1.29 is 9.84 Å². The van der Waals surface area contributed by atoms with Gasteiger partial charge in [-0.15, -0.1) is 0 Å². The van der Waals surface area contributed by atoms with E-state index in [1.165, 1.54) is 0 Å². The summed E-state index contributed by atoms with van der Waals surface area (Å²) in [5.74, 6) is 0.773. The smallest absolute Gasteiger partial charge is 0.150 e. The van der Waals surface area contributed by atoms with Crippen molar-refractivity contribution in [3.8, 4) is 11.5 Å². The summed E-state index contributed by atoms with van der Waals surface area (Å²) in [4.78, 5) is 0. The molecule has 1 aromatic rings. The van der Waals surface area contributed by atoms with E-state index in [4.69, 9.17) is 4.74 Å². The molecule has 0 amide bonds. The van der Waals surface area contributed by atoms with Crippen molar-refractivity contribution in [1.82, 2.24) is 0 Å². The normalized spacial score (nSPS) is 9.73. The van der Waals surface area contributed by atoms with Gasteiger partial charge >= 0.3 is 0 Å². The van der Waals surface area contributed by atoms with E-state index in [9.17, 15) is 5.11 Å². The van der Waals surface area contributed by atoms with Crippen LogP contribution >= 0.6 is 31.9 Å². The van der Waals surface area contributed by atoms with E-state index in [1.54, 1.807) is 19.2 Å². The van der Waals surface area contributed by atoms with Crippen LogP contribution in [0.2, 0.25) is 0 Å². The molecule has 0 bridgehead atoms. The van der Waals surface area contributed by atoms with Gasteiger partial charge in [-0.25, -0.2) is 0 Å². The maximum absolute atomic E-state index is 9.21. The molecule has 0 aliphatic carbocycles. The lowest BCUT2D eigenvalue weighted by molar-refractivity contribution is 0.401. The molecule has 11 heavy (non-hydrogen) atoms. The Morgan fingerprint density at radius 2 is 2.00 bits per heavy atom. The monoisotopic (exact) mass is 280 g/mol. The Balaban J connectivity index is 3.29. The Hall–Kier alpha value is -0.220. The number of ether oxygens (including phenoxy) is 1. The van der Waals surface area contributed by atoms with E-state index in [0.29, 0.717) is 10.2 Å². The average molecular weight is 282 g/mol. The third-order valence-electron chi connectivity index (χ3n) is 1.23. The average Bonchev–Trinajstić information content (AvgIpc) is 1.99. The zero-order valence-corrected chi connectivity index (χ0v) is 8.94. The van der Waals surface area contributed by atoms with Gasteiger partial charge in [0.1, 0.15) is 10.2 Å². The summed E-state index contributed by atoms with van der Waals surface area (Å²) >= 11 is 6.46. The summed E-state index contributed by atoms with van der Waals surface area (Å²) in [5, 5.41) is 9.21. The SMILES string of the molecule is COc1c(Br)ccc(O)c1Br. The van der Waals surface area contributed by atoms with Crippen LogP contribution in [0.4, 0.5) is 0 Å². The summed E-state index contributed by atoms with van der Waals surface area (Å²) in [6.45, 7) is 0. The predicted octanol–water partition coefficient (Wildman–Crippen LogP) is 2.93. The fourth-order valence-electron chi connectivity index (χ4n) is 0.709. The molecule has 4 heteroatoms. The number of phenols is 1. The van der Waals surface area contributed by atoms with Gasteiger partial charge in [0.25, 0.3) is 0 Å². The fraction of sp³-hybridized carbons (Fsp3) is 0.143. The number of phenolic OH excluding ortho intramolecular Hbond substituents is 1. The van der Waals surface area contributed by atoms with Crippen LogP contribution in [-0.2, 0) is 0 Å². The van der Waals surface area contributed by atoms with Crippen molar-refractivity contribution in [1.29, 1.82) is 0 Å². The summed E-state index contributed by atoms with van der Waals surface area (Å²) in [6.07, 6.45) is 0. The van der Waals surface area contributed by atoms with E-state index in [2.05, 4.69) is 31.9 Å². The maximum atomic E-state index is 9.21. The van der Waals surface area contributed by atoms with Gasteiger partial charge in [0.2, 0.25) is 0 Å². The number of halogens is 2. The molecule has 2 nitrogen and oxygen atoms in total. The number of hydrogen-bond acceptors (Lipinski definition) is 2. The second kappa shape index (κ2) is 3.45. The van der Waals surface area contributed by atoms with Gasteiger partial charge in [-0.3, -0.25) is 0 Å². The Kier molecular flexibility index (Phi) is 2.78. The maximum Gasteiger partial charge on any atom is 0.150 e. The lowest BCUT2D eigenvalue weighted by Gasteiger charge is -2.06. The Labute approximate surface area is 81.4 Å². The standard InChI is InChI=1S/C7H6Br2O2/c1-11-7-4(8)2-3-5(10)6(7)9/h2-3,10H,1H3. The molecule has 0 unspecified atom stereocenters. The lowest BCUT2D eigenvalue weighted by Crippen LogP contribution is -1.85. The molecule has 0 atom stereocenters. The van der Waals surface area contributed by atoms with Crippen molar-refractivity contribution in [3.05, 3.63) is 21.1 Å². The van der Waals surface area contributed by atoms with Crippen molar-refractivity contribution >= 4 is 31.9 Å². The number of hydrogen-bond donors (Lipinski definition) is 1. The Morgan fingerprint density at radius 1 is 1.36 bits per heavy atom. The van der Waals surface area contributed by atoms with E-state index < -0.39 is 0 Å². The molecule has 1 N–H and O–H groups in total. The molecule has 0 spiro atoms. The van der Waals surface area contributed by atoms with Gasteiger partial charge in [0.15, 0.2) is 5.75 Å². The van der Waals surface area contributed by atoms with Crippen LogP contribution in [0.1, 0.15) is 0 Å². The summed E-state index contributed by atoms with van der Waals surface area (Å²) in [6, 6.07) is 3.30. The zero-order chi connectivity index (χ0) is 8.43. The minimum atomic E-state index is 0.171. The van der Waals surface area contributed by atoms with Crippen LogP contribution in [0.15, 0.2) is 21.1 Å². The van der Waals surface area contributed by atoms with E-state index in [0.717, 1.165) is 4.47 Å². The molecule has 0 aromatic heterocycles. The third-order valence-corrected chi connectivity index (χ3v) is 2.62. The quantitative estimate of drug-likeness (QED) is 0.858. The van der Waals surface area contributed by atoms with Gasteiger partial charge in [-0.1, -0.05) is 0 Å². The minimum absolute atomic E-state index is 0.171. The number of aromatic hydroxyl groups is 1. The van der Waals surface area contributed by atoms with Crippen molar-refractivity contribution in [2.45, 2.75) is 0 Å². The topological polar surface area (TPSA) is 29.5 Å². The molecule has 0 heterocycles. The van der Waals surface area contributed by atoms with Gasteiger partial charge in [-0.2, -0.15) is 0 Å². The van der Waals surface area contributed by atoms with Crippen LogP contribution in [0.25, 0.3) is 0 Å². The van der Waals surface area contributed by atoms with Crippen LogP contribution in [0, 0.1) is 0 Å². The van der Waals surface area contributed by atoms with Crippen LogP contribution in [0.5, 0.6) is 11.5 Å². The Bertz CT molecular complexity index is 273. The molecule has 0 saturated heterocycles. The first-order valence-corrected chi connectivity index (χ1v) is 4.46. The first-order chi connectivity index (χ1) is 5.16. The predicted molar refractivity (Wildman–Crippen MR) is 50.1 cm³/mol. The van der Waals surface area contributed by atoms with Crippen molar-refractivity contribution in [3.63, 3.8) is 0 Å². The van der Waals surface area contributed by atoms with Crippen LogP contribution < -0.4 is 4.74 Å². The summed E-state index contributed by atoms with van der Waals surface area (Å²) in [5.41, 5.74) is 0. The highest BCUT2D eigenvalue weighted by atomic mass is 79.9. The second-order valence-electron chi connectivity index (χ2n) is 1.91. The molecule has 0 saturated carbocycles. The highest BCUT2D eigenvalue weighted by molar-refractivity contribution is 9.11. The molecule has 1 aromatic carbocycles. The lowest BCUT2D eigenvalue weighted by atomic mass is 10.3. The highest BCUT2D eigenvalue weighted by Crippen LogP contribution is 2.38. The molecular weight excluding hydrogens is 276 g/mol. The van der Waals surface area contributed by atoms with E-state index >= 15 is 0 Å². The van der Waals surface area contributed by atoms with Gasteiger partial charge in [-0.05, 0) is 44.0 Å². The van der Waals surface area contributed by atoms with Crippen LogP contribution in [0.3, 0.4) is 0 Å². The number of methoxy groups -OCH3 is 1. The molecule has 1 rings (SSSR count). The molecule has 0 aliphatic rings. The van der Waals surface area contributed by atoms with Crippen LogP contribution in [-0.4, -0.2) is 12.2 Å². The zero-order valence-electron chi connectivity index (χ0n) is 5.77. The molecule has 60 valence electrons. The van der Waals surface area contributed by atoms with Gasteiger partial charge in [0, 0.05) is 0 Å². The molecule has 0 fully saturated rings. The van der Waals surface area contributed by atoms with Crippen molar-refractivity contribution in [2.75, 3.05) is 7.11 Å². The first-order valence-electron chi connectivity index (χ1n) is 2.87. The van der Waals surface area contributed by atoms with Gasteiger partial charge in [0.05, 0.1) is 11.6 Å². The largest absolute Gasteiger partial charge is 0.507 e. The summed E-state index contributed by atoms with van der Waals surface area (Å²) < 4.78 is 6.38. The molecular formula is C7H6Br2O2. The highest BCUT2D eigenvalue weighted by Gasteiger charge is 2.08. The molecule has 0 radical (unpaired) electrons. The van der Waals surface area contributed by atoms with E-state index in [1.807, 2.05) is 0 Å². The second-order valence-corrected chi connectivity index (χ2v) is 3.56. The first kappa shape index (κ1) is 8.87. The minimum Gasteiger partial charge on any atom is -0.507 e. The number of benzene rings is 1. The Morgan fingerprint density at radius 3 is 2.45 bits per heavy atom.